The fourth-order valence-electron chi connectivity index (χ4n) is 3.07. The summed E-state index contributed by atoms with van der Waals surface area (Å²) in [5.41, 5.74) is -0.493. The van der Waals surface area contributed by atoms with Crippen LogP contribution in [0, 0.1) is 10.1 Å². The first-order valence-electron chi connectivity index (χ1n) is 9.33. The molecule has 27 heavy (non-hydrogen) atoms. The Morgan fingerprint density at radius 1 is 1.37 bits per heavy atom. The van der Waals surface area contributed by atoms with Crippen LogP contribution < -0.4 is 10.1 Å². The number of carbonyl (C=O) groups excluding carboxylic acids is 1. The zero-order valence-corrected chi connectivity index (χ0v) is 16.3. The number of nitrogens with zero attached hydrogens (tertiary/aromatic N) is 2. The monoisotopic (exact) mass is 379 g/mol. The standard InChI is InChI=1S/C19H29N3O5/c1-19(2,3)27-18(23)20-14-16-7-4-5-10-21(16)11-12-26-17-9-6-8-15(13-17)22(24)25/h6,8-9,13,16H,4-5,7,10-12,14H2,1-3H3,(H,20,23). The second-order valence-corrected chi connectivity index (χ2v) is 7.67. The van der Waals surface area contributed by atoms with E-state index in [-0.39, 0.29) is 11.7 Å². The lowest BCUT2D eigenvalue weighted by molar-refractivity contribution is -0.384. The second-order valence-electron chi connectivity index (χ2n) is 7.67. The smallest absolute Gasteiger partial charge is 0.407 e. The maximum Gasteiger partial charge on any atom is 0.407 e. The van der Waals surface area contributed by atoms with Crippen LogP contribution in [-0.4, -0.2) is 53.8 Å². The van der Waals surface area contributed by atoms with Crippen molar-refractivity contribution in [3.05, 3.63) is 34.4 Å². The van der Waals surface area contributed by atoms with Gasteiger partial charge in [0.25, 0.3) is 5.69 Å². The number of amides is 1. The van der Waals surface area contributed by atoms with Crippen molar-refractivity contribution in [1.82, 2.24) is 10.2 Å². The highest BCUT2D eigenvalue weighted by molar-refractivity contribution is 5.67. The van der Waals surface area contributed by atoms with Crippen molar-refractivity contribution in [2.24, 2.45) is 0 Å². The van der Waals surface area contributed by atoms with Crippen LogP contribution in [0.1, 0.15) is 40.0 Å². The third-order valence-electron chi connectivity index (χ3n) is 4.31. The Balaban J connectivity index is 1.80. The van der Waals surface area contributed by atoms with Gasteiger partial charge >= 0.3 is 6.09 Å². The van der Waals surface area contributed by atoms with Gasteiger partial charge in [-0.05, 0) is 46.2 Å². The quantitative estimate of drug-likeness (QED) is 0.577. The fourth-order valence-corrected chi connectivity index (χ4v) is 3.07. The molecule has 1 saturated heterocycles. The molecule has 0 radical (unpaired) electrons. The molecule has 1 aromatic carbocycles. The van der Waals surface area contributed by atoms with Crippen LogP contribution in [0.5, 0.6) is 5.75 Å². The van der Waals surface area contributed by atoms with Crippen molar-refractivity contribution in [2.45, 2.75) is 51.7 Å². The second kappa shape index (κ2) is 9.55. The van der Waals surface area contributed by atoms with Crippen molar-refractivity contribution >= 4 is 11.8 Å². The minimum Gasteiger partial charge on any atom is -0.492 e. The number of hydrogen-bond acceptors (Lipinski definition) is 6. The number of nitro groups is 1. The van der Waals surface area contributed by atoms with E-state index in [1.165, 1.54) is 12.1 Å². The normalized spacial score (nSPS) is 18.0. The molecule has 2 rings (SSSR count). The minimum absolute atomic E-state index is 0.0184. The summed E-state index contributed by atoms with van der Waals surface area (Å²) < 4.78 is 11.0. The average molecular weight is 379 g/mol. The molecule has 0 bridgehead atoms. The number of nitrogens with one attached hydrogen (secondary N) is 1. The van der Waals surface area contributed by atoms with Gasteiger partial charge in [-0.15, -0.1) is 0 Å². The van der Waals surface area contributed by atoms with E-state index in [4.69, 9.17) is 9.47 Å². The zero-order chi connectivity index (χ0) is 19.9. The molecule has 0 aliphatic carbocycles. The average Bonchev–Trinajstić information content (AvgIpc) is 2.59. The summed E-state index contributed by atoms with van der Waals surface area (Å²) in [7, 11) is 0. The van der Waals surface area contributed by atoms with E-state index in [9.17, 15) is 14.9 Å². The van der Waals surface area contributed by atoms with Gasteiger partial charge in [-0.1, -0.05) is 12.5 Å². The molecule has 1 aromatic rings. The van der Waals surface area contributed by atoms with Gasteiger partial charge in [0.05, 0.1) is 11.0 Å². The number of hydrogen-bond donors (Lipinski definition) is 1. The number of ether oxygens (including phenoxy) is 2. The van der Waals surface area contributed by atoms with E-state index < -0.39 is 16.6 Å². The summed E-state index contributed by atoms with van der Waals surface area (Å²) in [4.78, 5) is 24.5. The van der Waals surface area contributed by atoms with Gasteiger partial charge < -0.3 is 14.8 Å². The highest BCUT2D eigenvalue weighted by Crippen LogP contribution is 2.20. The number of rotatable bonds is 7. The lowest BCUT2D eigenvalue weighted by Crippen LogP contribution is -2.48. The molecule has 1 amide bonds. The van der Waals surface area contributed by atoms with Crippen molar-refractivity contribution in [1.29, 1.82) is 0 Å². The molecule has 0 spiro atoms. The first kappa shape index (κ1) is 21.0. The molecule has 150 valence electrons. The van der Waals surface area contributed by atoms with Gasteiger partial charge in [0.2, 0.25) is 0 Å². The summed E-state index contributed by atoms with van der Waals surface area (Å²) in [5, 5.41) is 13.7. The van der Waals surface area contributed by atoms with Crippen molar-refractivity contribution in [2.75, 3.05) is 26.2 Å². The Morgan fingerprint density at radius 3 is 2.85 bits per heavy atom. The molecule has 8 nitrogen and oxygen atoms in total. The summed E-state index contributed by atoms with van der Waals surface area (Å²) >= 11 is 0. The Labute approximate surface area is 160 Å². The lowest BCUT2D eigenvalue weighted by Gasteiger charge is -2.35. The summed E-state index contributed by atoms with van der Waals surface area (Å²) in [6.45, 7) is 8.12. The van der Waals surface area contributed by atoms with E-state index >= 15 is 0 Å². The summed E-state index contributed by atoms with van der Waals surface area (Å²) in [5.74, 6) is 0.490. The molecule has 1 heterocycles. The third-order valence-corrected chi connectivity index (χ3v) is 4.31. The summed E-state index contributed by atoms with van der Waals surface area (Å²) in [6.07, 6.45) is 2.84. The van der Waals surface area contributed by atoms with E-state index in [1.54, 1.807) is 12.1 Å². The number of piperidine rings is 1. The number of carbonyl (C=O) groups is 1. The van der Waals surface area contributed by atoms with Crippen LogP contribution in [0.4, 0.5) is 10.5 Å². The number of non-ortho nitro benzene ring substituents is 1. The van der Waals surface area contributed by atoms with Crippen molar-refractivity contribution in [3.63, 3.8) is 0 Å². The Bertz CT molecular complexity index is 644. The Kier molecular flexibility index (Phi) is 7.41. The number of alkyl carbamates (subject to hydrolysis) is 1. The van der Waals surface area contributed by atoms with Crippen LogP contribution in [0.25, 0.3) is 0 Å². The van der Waals surface area contributed by atoms with Crippen LogP contribution in [0.3, 0.4) is 0 Å². The SMILES string of the molecule is CC(C)(C)OC(=O)NCC1CCCCN1CCOc1cccc([N+](=O)[O-])c1. The molecule has 1 N–H and O–H groups in total. The van der Waals surface area contributed by atoms with Gasteiger partial charge in [-0.25, -0.2) is 4.79 Å². The molecule has 0 saturated carbocycles. The molecule has 1 unspecified atom stereocenters. The van der Waals surface area contributed by atoms with Gasteiger partial charge in [0.1, 0.15) is 18.0 Å². The maximum absolute atomic E-state index is 11.9. The molecule has 1 aliphatic rings. The van der Waals surface area contributed by atoms with E-state index in [1.807, 2.05) is 20.8 Å². The molecular weight excluding hydrogens is 350 g/mol. The van der Waals surface area contributed by atoms with Gasteiger partial charge in [-0.2, -0.15) is 0 Å². The number of benzene rings is 1. The lowest BCUT2D eigenvalue weighted by atomic mass is 10.0. The first-order valence-corrected chi connectivity index (χ1v) is 9.33. The van der Waals surface area contributed by atoms with E-state index in [0.717, 1.165) is 25.8 Å². The molecule has 1 aliphatic heterocycles. The Hall–Kier alpha value is -2.35. The van der Waals surface area contributed by atoms with E-state index in [0.29, 0.717) is 25.4 Å². The molecule has 8 heteroatoms. The van der Waals surface area contributed by atoms with Crippen LogP contribution in [-0.2, 0) is 4.74 Å². The predicted molar refractivity (Wildman–Crippen MR) is 102 cm³/mol. The van der Waals surface area contributed by atoms with E-state index in [2.05, 4.69) is 10.2 Å². The topological polar surface area (TPSA) is 93.9 Å². The van der Waals surface area contributed by atoms with Crippen LogP contribution in [0.15, 0.2) is 24.3 Å². The van der Waals surface area contributed by atoms with Crippen LogP contribution in [0.2, 0.25) is 0 Å². The molecular formula is C19H29N3O5. The third kappa shape index (κ3) is 7.42. The Morgan fingerprint density at radius 2 is 2.15 bits per heavy atom. The molecule has 1 fully saturated rings. The van der Waals surface area contributed by atoms with Crippen molar-refractivity contribution < 1.29 is 19.2 Å². The fraction of sp³-hybridized carbons (Fsp3) is 0.632. The van der Waals surface area contributed by atoms with Gasteiger partial charge in [0, 0.05) is 25.2 Å². The number of nitro benzene ring substituents is 1. The van der Waals surface area contributed by atoms with Crippen LogP contribution >= 0.6 is 0 Å². The minimum atomic E-state index is -0.511. The zero-order valence-electron chi connectivity index (χ0n) is 16.3. The summed E-state index contributed by atoms with van der Waals surface area (Å²) in [6, 6.07) is 6.43. The highest BCUT2D eigenvalue weighted by Gasteiger charge is 2.24. The largest absolute Gasteiger partial charge is 0.492 e. The van der Waals surface area contributed by atoms with Crippen molar-refractivity contribution in [3.8, 4) is 5.75 Å². The maximum atomic E-state index is 11.9. The molecule has 0 aromatic heterocycles. The highest BCUT2D eigenvalue weighted by atomic mass is 16.6. The molecule has 1 atom stereocenters. The number of likely N-dealkylation sites (tertiary alicyclic amines) is 1. The first-order chi connectivity index (χ1) is 12.7. The van der Waals surface area contributed by atoms with Gasteiger partial charge in [-0.3, -0.25) is 15.0 Å². The van der Waals surface area contributed by atoms with Gasteiger partial charge in [0.15, 0.2) is 0 Å². The predicted octanol–water partition coefficient (Wildman–Crippen LogP) is 3.35.